The molecule has 0 bridgehead atoms. The molecule has 0 aliphatic carbocycles. The second-order valence-corrected chi connectivity index (χ2v) is 5.79. The highest BCUT2D eigenvalue weighted by Gasteiger charge is 2.31. The highest BCUT2D eigenvalue weighted by Crippen LogP contribution is 2.23. The summed E-state index contributed by atoms with van der Waals surface area (Å²) in [4.78, 5) is 12.9. The molecule has 0 unspecified atom stereocenters. The van der Waals surface area contributed by atoms with Crippen molar-refractivity contribution in [1.82, 2.24) is 4.90 Å². The molecule has 1 heterocycles. The van der Waals surface area contributed by atoms with Crippen molar-refractivity contribution in [2.45, 2.75) is 13.5 Å². The second kappa shape index (κ2) is 5.70. The zero-order valence-corrected chi connectivity index (χ0v) is 12.1. The van der Waals surface area contributed by atoms with Crippen molar-refractivity contribution >= 4 is 5.97 Å². The Morgan fingerprint density at radius 2 is 1.57 bits per heavy atom. The summed E-state index contributed by atoms with van der Waals surface area (Å²) < 4.78 is 0. The van der Waals surface area contributed by atoms with Crippen LogP contribution >= 0.6 is 0 Å². The van der Waals surface area contributed by atoms with Crippen molar-refractivity contribution in [1.29, 1.82) is 0 Å². The molecule has 3 rings (SSSR count). The highest BCUT2D eigenvalue weighted by atomic mass is 16.4. The van der Waals surface area contributed by atoms with E-state index in [0.717, 1.165) is 6.54 Å². The normalized spacial score (nSPS) is 15.7. The summed E-state index contributed by atoms with van der Waals surface area (Å²) in [6, 6.07) is 17.0. The van der Waals surface area contributed by atoms with Crippen molar-refractivity contribution in [3.05, 3.63) is 59.7 Å². The van der Waals surface area contributed by atoms with Crippen LogP contribution in [0.5, 0.6) is 0 Å². The molecule has 1 aliphatic heterocycles. The van der Waals surface area contributed by atoms with Gasteiger partial charge in [-0.25, -0.2) is 0 Å². The maximum Gasteiger partial charge on any atom is 0.309 e. The predicted octanol–water partition coefficient (Wildman–Crippen LogP) is 3.18. The molecule has 1 aliphatic rings. The van der Waals surface area contributed by atoms with E-state index in [2.05, 4.69) is 60.4 Å². The monoisotopic (exact) mass is 281 g/mol. The molecule has 0 amide bonds. The summed E-state index contributed by atoms with van der Waals surface area (Å²) in [7, 11) is 0. The lowest BCUT2D eigenvalue weighted by atomic mass is 9.98. The smallest absolute Gasteiger partial charge is 0.309 e. The van der Waals surface area contributed by atoms with Gasteiger partial charge in [-0.1, -0.05) is 54.1 Å². The number of carboxylic acids is 1. The lowest BCUT2D eigenvalue weighted by Gasteiger charge is -2.36. The van der Waals surface area contributed by atoms with Gasteiger partial charge in [-0.3, -0.25) is 9.69 Å². The van der Waals surface area contributed by atoms with Crippen LogP contribution in [0.1, 0.15) is 11.1 Å². The molecule has 1 fully saturated rings. The first-order valence-electron chi connectivity index (χ1n) is 7.23. The SMILES string of the molecule is Cc1ccc(-c2ccc(CN3CC(C(=O)O)C3)cc2)cc1. The number of hydrogen-bond donors (Lipinski definition) is 1. The first kappa shape index (κ1) is 13.8. The number of likely N-dealkylation sites (tertiary alicyclic amines) is 1. The van der Waals surface area contributed by atoms with Gasteiger partial charge in [0.1, 0.15) is 0 Å². The molecule has 2 aromatic rings. The molecule has 0 aromatic heterocycles. The Morgan fingerprint density at radius 3 is 2.10 bits per heavy atom. The minimum absolute atomic E-state index is 0.183. The summed E-state index contributed by atoms with van der Waals surface area (Å²) >= 11 is 0. The Balaban J connectivity index is 1.62. The Morgan fingerprint density at radius 1 is 1.05 bits per heavy atom. The van der Waals surface area contributed by atoms with Crippen LogP contribution in [0, 0.1) is 12.8 Å². The highest BCUT2D eigenvalue weighted by molar-refractivity contribution is 5.71. The van der Waals surface area contributed by atoms with E-state index in [4.69, 9.17) is 5.11 Å². The third-order valence-corrected chi connectivity index (χ3v) is 4.05. The molecule has 3 nitrogen and oxygen atoms in total. The third-order valence-electron chi connectivity index (χ3n) is 4.05. The molecule has 0 saturated carbocycles. The molecule has 0 radical (unpaired) electrons. The average Bonchev–Trinajstić information content (AvgIpc) is 2.43. The van der Waals surface area contributed by atoms with Crippen LogP contribution in [0.4, 0.5) is 0 Å². The van der Waals surface area contributed by atoms with E-state index >= 15 is 0 Å². The van der Waals surface area contributed by atoms with Crippen molar-refractivity contribution in [2.75, 3.05) is 13.1 Å². The Hall–Kier alpha value is -2.13. The zero-order chi connectivity index (χ0) is 14.8. The van der Waals surface area contributed by atoms with Gasteiger partial charge in [0.15, 0.2) is 0 Å². The second-order valence-electron chi connectivity index (χ2n) is 5.79. The van der Waals surface area contributed by atoms with E-state index in [0.29, 0.717) is 13.1 Å². The van der Waals surface area contributed by atoms with Crippen molar-refractivity contribution < 1.29 is 9.90 Å². The van der Waals surface area contributed by atoms with Crippen LogP contribution in [0.2, 0.25) is 0 Å². The van der Waals surface area contributed by atoms with Gasteiger partial charge in [0.25, 0.3) is 0 Å². The number of rotatable bonds is 4. The largest absolute Gasteiger partial charge is 0.481 e. The average molecular weight is 281 g/mol. The van der Waals surface area contributed by atoms with Gasteiger partial charge in [-0.2, -0.15) is 0 Å². The van der Waals surface area contributed by atoms with Gasteiger partial charge < -0.3 is 5.11 Å². The molecule has 3 heteroatoms. The number of benzene rings is 2. The Bertz CT molecular complexity index is 625. The maximum absolute atomic E-state index is 10.8. The topological polar surface area (TPSA) is 40.5 Å². The summed E-state index contributed by atoms with van der Waals surface area (Å²) in [5.41, 5.74) is 4.93. The van der Waals surface area contributed by atoms with Gasteiger partial charge in [0.2, 0.25) is 0 Å². The maximum atomic E-state index is 10.8. The molecule has 2 aromatic carbocycles. The molecule has 0 spiro atoms. The number of aliphatic carboxylic acids is 1. The number of nitrogens with zero attached hydrogens (tertiary/aromatic N) is 1. The standard InChI is InChI=1S/C18H19NO2/c1-13-2-6-15(7-3-13)16-8-4-14(5-9-16)10-19-11-17(12-19)18(20)21/h2-9,17H,10-12H2,1H3,(H,20,21). The van der Waals surface area contributed by atoms with Crippen molar-refractivity contribution in [3.63, 3.8) is 0 Å². The van der Waals surface area contributed by atoms with Crippen LogP contribution in [0.3, 0.4) is 0 Å². The number of hydrogen-bond acceptors (Lipinski definition) is 2. The summed E-state index contributed by atoms with van der Waals surface area (Å²) in [6.07, 6.45) is 0. The third kappa shape index (κ3) is 3.14. The van der Waals surface area contributed by atoms with E-state index in [9.17, 15) is 4.79 Å². The minimum atomic E-state index is -0.680. The Kier molecular flexibility index (Phi) is 3.76. The quantitative estimate of drug-likeness (QED) is 0.935. The molecule has 1 N–H and O–H groups in total. The predicted molar refractivity (Wildman–Crippen MR) is 83.0 cm³/mol. The molecular weight excluding hydrogens is 262 g/mol. The van der Waals surface area contributed by atoms with E-state index in [1.807, 2.05) is 0 Å². The van der Waals surface area contributed by atoms with Gasteiger partial charge in [0, 0.05) is 19.6 Å². The lowest BCUT2D eigenvalue weighted by molar-refractivity contribution is -0.147. The number of aryl methyl sites for hydroxylation is 1. The van der Waals surface area contributed by atoms with E-state index in [1.165, 1.54) is 22.3 Å². The number of carboxylic acid groups (broad SMARTS) is 1. The van der Waals surface area contributed by atoms with Gasteiger partial charge >= 0.3 is 5.97 Å². The van der Waals surface area contributed by atoms with Crippen LogP contribution in [0.25, 0.3) is 11.1 Å². The van der Waals surface area contributed by atoms with E-state index in [-0.39, 0.29) is 5.92 Å². The minimum Gasteiger partial charge on any atom is -0.481 e. The van der Waals surface area contributed by atoms with E-state index in [1.54, 1.807) is 0 Å². The summed E-state index contributed by atoms with van der Waals surface area (Å²) in [5, 5.41) is 8.87. The van der Waals surface area contributed by atoms with Crippen molar-refractivity contribution in [3.8, 4) is 11.1 Å². The van der Waals surface area contributed by atoms with Gasteiger partial charge in [0.05, 0.1) is 5.92 Å². The van der Waals surface area contributed by atoms with Gasteiger partial charge in [-0.05, 0) is 23.6 Å². The fourth-order valence-electron chi connectivity index (χ4n) is 2.66. The fourth-order valence-corrected chi connectivity index (χ4v) is 2.66. The molecule has 1 saturated heterocycles. The first-order chi connectivity index (χ1) is 10.1. The first-order valence-corrected chi connectivity index (χ1v) is 7.23. The summed E-state index contributed by atoms with van der Waals surface area (Å²) in [6.45, 7) is 4.24. The fraction of sp³-hybridized carbons (Fsp3) is 0.278. The zero-order valence-electron chi connectivity index (χ0n) is 12.1. The molecular formula is C18H19NO2. The summed E-state index contributed by atoms with van der Waals surface area (Å²) in [5.74, 6) is -0.863. The van der Waals surface area contributed by atoms with Gasteiger partial charge in [-0.15, -0.1) is 0 Å². The van der Waals surface area contributed by atoms with Crippen molar-refractivity contribution in [2.24, 2.45) is 5.92 Å². The van der Waals surface area contributed by atoms with Crippen LogP contribution in [-0.2, 0) is 11.3 Å². The molecule has 0 atom stereocenters. The Labute approximate surface area is 124 Å². The van der Waals surface area contributed by atoms with Crippen LogP contribution in [0.15, 0.2) is 48.5 Å². The lowest BCUT2D eigenvalue weighted by Crippen LogP contribution is -2.49. The molecule has 21 heavy (non-hydrogen) atoms. The van der Waals surface area contributed by atoms with Crippen LogP contribution < -0.4 is 0 Å². The van der Waals surface area contributed by atoms with E-state index < -0.39 is 5.97 Å². The molecule has 108 valence electrons. The van der Waals surface area contributed by atoms with Crippen LogP contribution in [-0.4, -0.2) is 29.1 Å². The number of carbonyl (C=O) groups is 1.